The van der Waals surface area contributed by atoms with Crippen LogP contribution in [0.1, 0.15) is 39.7 Å². The minimum absolute atomic E-state index is 0.0947. The Bertz CT molecular complexity index is 421. The van der Waals surface area contributed by atoms with Gasteiger partial charge in [-0.3, -0.25) is 4.79 Å². The Balaban J connectivity index is 2.58. The summed E-state index contributed by atoms with van der Waals surface area (Å²) in [6, 6.07) is 8.01. The molecule has 0 heterocycles. The van der Waals surface area contributed by atoms with Crippen molar-refractivity contribution in [1.82, 2.24) is 0 Å². The third-order valence-electron chi connectivity index (χ3n) is 3.65. The third-order valence-corrected chi connectivity index (χ3v) is 3.65. The molecule has 0 unspecified atom stereocenters. The number of carbonyl (C=O) groups excluding carboxylic acids is 1. The average Bonchev–Trinajstić information content (AvgIpc) is 2.44. The predicted octanol–water partition coefficient (Wildman–Crippen LogP) is 4.10. The van der Waals surface area contributed by atoms with Gasteiger partial charge >= 0.3 is 5.97 Å². The quantitative estimate of drug-likeness (QED) is 0.677. The Morgan fingerprint density at radius 2 is 1.71 bits per heavy atom. The number of ether oxygens (including phenoxy) is 2. The highest BCUT2D eigenvalue weighted by atomic mass is 16.5. The molecule has 0 aliphatic rings. The normalized spacial score (nSPS) is 12.5. The highest BCUT2D eigenvalue weighted by Gasteiger charge is 2.23. The first-order valence-electron chi connectivity index (χ1n) is 7.73. The molecule has 1 aromatic carbocycles. The van der Waals surface area contributed by atoms with Gasteiger partial charge in [0.05, 0.1) is 19.6 Å². The van der Waals surface area contributed by atoms with E-state index in [9.17, 15) is 4.79 Å². The third kappa shape index (κ3) is 6.19. The number of hydrogen-bond acceptors (Lipinski definition) is 3. The van der Waals surface area contributed by atoms with Crippen molar-refractivity contribution in [3.8, 4) is 5.75 Å². The first-order chi connectivity index (χ1) is 9.93. The Labute approximate surface area is 128 Å². The van der Waals surface area contributed by atoms with E-state index >= 15 is 0 Å². The minimum atomic E-state index is -0.137. The number of esters is 1. The van der Waals surface area contributed by atoms with Crippen LogP contribution in [-0.2, 0) is 16.0 Å². The summed E-state index contributed by atoms with van der Waals surface area (Å²) in [4.78, 5) is 11.8. The van der Waals surface area contributed by atoms with Gasteiger partial charge in [-0.15, -0.1) is 0 Å². The molecule has 0 N–H and O–H groups in total. The van der Waals surface area contributed by atoms with Crippen molar-refractivity contribution in [2.45, 2.75) is 40.5 Å². The van der Waals surface area contributed by atoms with Gasteiger partial charge in [0.25, 0.3) is 0 Å². The minimum Gasteiger partial charge on any atom is -0.494 e. The van der Waals surface area contributed by atoms with Gasteiger partial charge in [-0.1, -0.05) is 39.8 Å². The van der Waals surface area contributed by atoms with E-state index < -0.39 is 0 Å². The smallest absolute Gasteiger partial charge is 0.309 e. The number of carbonyl (C=O) groups is 1. The van der Waals surface area contributed by atoms with E-state index in [1.54, 1.807) is 0 Å². The molecule has 0 saturated carbocycles. The van der Waals surface area contributed by atoms with E-state index in [4.69, 9.17) is 9.47 Å². The first-order valence-corrected chi connectivity index (χ1v) is 7.73. The van der Waals surface area contributed by atoms with Crippen LogP contribution >= 0.6 is 0 Å². The van der Waals surface area contributed by atoms with E-state index in [-0.39, 0.29) is 17.8 Å². The van der Waals surface area contributed by atoms with E-state index in [0.717, 1.165) is 24.3 Å². The molecule has 1 aromatic rings. The van der Waals surface area contributed by atoms with Gasteiger partial charge < -0.3 is 9.47 Å². The van der Waals surface area contributed by atoms with Gasteiger partial charge in [-0.2, -0.15) is 0 Å². The molecule has 0 fully saturated rings. The van der Waals surface area contributed by atoms with Crippen molar-refractivity contribution < 1.29 is 14.3 Å². The molecule has 0 radical (unpaired) electrons. The van der Waals surface area contributed by atoms with Crippen molar-refractivity contribution in [2.75, 3.05) is 13.7 Å². The van der Waals surface area contributed by atoms with Crippen LogP contribution in [0, 0.1) is 17.8 Å². The molecule has 0 spiro atoms. The van der Waals surface area contributed by atoms with Crippen LogP contribution in [0.15, 0.2) is 24.3 Å². The molecule has 0 amide bonds. The Hall–Kier alpha value is -1.51. The van der Waals surface area contributed by atoms with E-state index in [1.165, 1.54) is 7.11 Å². The zero-order valence-electron chi connectivity index (χ0n) is 13.9. The van der Waals surface area contributed by atoms with Crippen molar-refractivity contribution >= 4 is 5.97 Å². The molecule has 0 aliphatic heterocycles. The van der Waals surface area contributed by atoms with Gasteiger partial charge in [-0.25, -0.2) is 0 Å². The van der Waals surface area contributed by atoms with Crippen molar-refractivity contribution in [1.29, 1.82) is 0 Å². The SMILES string of the molecule is COC(=O)[C@H](Cc1ccc(OCCC(C)C)cc1)C(C)C. The fourth-order valence-corrected chi connectivity index (χ4v) is 2.13. The molecular weight excluding hydrogens is 264 g/mol. The molecule has 0 bridgehead atoms. The van der Waals surface area contributed by atoms with Crippen molar-refractivity contribution in [3.05, 3.63) is 29.8 Å². The summed E-state index contributed by atoms with van der Waals surface area (Å²) in [5, 5.41) is 0. The highest BCUT2D eigenvalue weighted by Crippen LogP contribution is 2.21. The van der Waals surface area contributed by atoms with Gasteiger partial charge in [0.1, 0.15) is 5.75 Å². The van der Waals surface area contributed by atoms with Crippen LogP contribution < -0.4 is 4.74 Å². The Morgan fingerprint density at radius 3 is 2.19 bits per heavy atom. The predicted molar refractivity (Wildman–Crippen MR) is 85.4 cm³/mol. The van der Waals surface area contributed by atoms with Crippen LogP contribution in [0.5, 0.6) is 5.75 Å². The standard InChI is InChI=1S/C18H28O3/c1-13(2)10-11-21-16-8-6-15(7-9-16)12-17(14(3)4)18(19)20-5/h6-9,13-14,17H,10-12H2,1-5H3/t17-/m1/s1. The molecule has 1 rings (SSSR count). The molecule has 0 saturated heterocycles. The molecule has 0 aliphatic carbocycles. The zero-order chi connectivity index (χ0) is 15.8. The fraction of sp³-hybridized carbons (Fsp3) is 0.611. The lowest BCUT2D eigenvalue weighted by molar-refractivity contribution is -0.146. The van der Waals surface area contributed by atoms with Gasteiger partial charge in [-0.05, 0) is 42.4 Å². The largest absolute Gasteiger partial charge is 0.494 e. The molecule has 3 heteroatoms. The summed E-state index contributed by atoms with van der Waals surface area (Å²) < 4.78 is 10.6. The molecule has 3 nitrogen and oxygen atoms in total. The summed E-state index contributed by atoms with van der Waals surface area (Å²) in [6.45, 7) is 9.21. The fourth-order valence-electron chi connectivity index (χ4n) is 2.13. The molecule has 118 valence electrons. The lowest BCUT2D eigenvalue weighted by atomic mass is 9.89. The Kier molecular flexibility index (Phi) is 7.27. The van der Waals surface area contributed by atoms with Crippen LogP contribution in [0.2, 0.25) is 0 Å². The number of rotatable bonds is 8. The Morgan fingerprint density at radius 1 is 1.10 bits per heavy atom. The lowest BCUT2D eigenvalue weighted by Gasteiger charge is -2.18. The molecular formula is C18H28O3. The van der Waals surface area contributed by atoms with E-state index in [1.807, 2.05) is 38.1 Å². The number of hydrogen-bond donors (Lipinski definition) is 0. The maximum absolute atomic E-state index is 11.8. The van der Waals surface area contributed by atoms with Crippen LogP contribution in [0.4, 0.5) is 0 Å². The summed E-state index contributed by atoms with van der Waals surface area (Å²) in [6.07, 6.45) is 1.76. The van der Waals surface area contributed by atoms with Gasteiger partial charge in [0.2, 0.25) is 0 Å². The van der Waals surface area contributed by atoms with Crippen LogP contribution in [-0.4, -0.2) is 19.7 Å². The zero-order valence-corrected chi connectivity index (χ0v) is 13.9. The summed E-state index contributed by atoms with van der Waals surface area (Å²) in [5.74, 6) is 1.57. The lowest BCUT2D eigenvalue weighted by Crippen LogP contribution is -2.23. The van der Waals surface area contributed by atoms with Gasteiger partial charge in [0.15, 0.2) is 0 Å². The van der Waals surface area contributed by atoms with Crippen molar-refractivity contribution in [3.63, 3.8) is 0 Å². The first kappa shape index (κ1) is 17.5. The van der Waals surface area contributed by atoms with Crippen molar-refractivity contribution in [2.24, 2.45) is 17.8 Å². The second kappa shape index (κ2) is 8.71. The molecule has 1 atom stereocenters. The second-order valence-corrected chi connectivity index (χ2v) is 6.25. The van der Waals surface area contributed by atoms with Crippen LogP contribution in [0.3, 0.4) is 0 Å². The summed E-state index contributed by atoms with van der Waals surface area (Å²) in [5.41, 5.74) is 1.13. The van der Waals surface area contributed by atoms with Gasteiger partial charge in [0, 0.05) is 0 Å². The molecule has 0 aromatic heterocycles. The number of benzene rings is 1. The monoisotopic (exact) mass is 292 g/mol. The maximum Gasteiger partial charge on any atom is 0.309 e. The topological polar surface area (TPSA) is 35.5 Å². The summed E-state index contributed by atoms with van der Waals surface area (Å²) in [7, 11) is 1.45. The molecule has 21 heavy (non-hydrogen) atoms. The van der Waals surface area contributed by atoms with E-state index in [2.05, 4.69) is 13.8 Å². The number of methoxy groups -OCH3 is 1. The highest BCUT2D eigenvalue weighted by molar-refractivity contribution is 5.72. The van der Waals surface area contributed by atoms with E-state index in [0.29, 0.717) is 12.3 Å². The summed E-state index contributed by atoms with van der Waals surface area (Å²) >= 11 is 0. The van der Waals surface area contributed by atoms with Crippen LogP contribution in [0.25, 0.3) is 0 Å². The average molecular weight is 292 g/mol. The second-order valence-electron chi connectivity index (χ2n) is 6.25. The maximum atomic E-state index is 11.8.